The van der Waals surface area contributed by atoms with Crippen molar-refractivity contribution >= 4 is 17.6 Å². The van der Waals surface area contributed by atoms with Gasteiger partial charge in [-0.2, -0.15) is 0 Å². The van der Waals surface area contributed by atoms with Gasteiger partial charge < -0.3 is 9.47 Å². The molecule has 0 saturated carbocycles. The normalized spacial score (nSPS) is 16.8. The lowest BCUT2D eigenvalue weighted by Gasteiger charge is -2.23. The molecule has 7 heteroatoms. The fraction of sp³-hybridized carbons (Fsp3) is 0.727. The SMILES string of the molecule is CCOC(=O)c1nnn(C2CCOCC2)c1CCl. The van der Waals surface area contributed by atoms with E-state index in [4.69, 9.17) is 21.1 Å². The van der Waals surface area contributed by atoms with E-state index in [2.05, 4.69) is 10.3 Å². The summed E-state index contributed by atoms with van der Waals surface area (Å²) < 4.78 is 12.0. The smallest absolute Gasteiger partial charge is 0.360 e. The predicted molar refractivity (Wildman–Crippen MR) is 64.6 cm³/mol. The number of carbonyl (C=O) groups is 1. The Hall–Kier alpha value is -1.14. The lowest BCUT2D eigenvalue weighted by molar-refractivity contribution is 0.0518. The van der Waals surface area contributed by atoms with Gasteiger partial charge in [-0.05, 0) is 19.8 Å². The first kappa shape index (κ1) is 13.3. The second-order valence-electron chi connectivity index (χ2n) is 4.03. The third-order valence-electron chi connectivity index (χ3n) is 2.92. The third kappa shape index (κ3) is 2.64. The van der Waals surface area contributed by atoms with Crippen molar-refractivity contribution in [2.45, 2.75) is 31.7 Å². The molecule has 0 spiro atoms. The van der Waals surface area contributed by atoms with Gasteiger partial charge in [0.25, 0.3) is 0 Å². The quantitative estimate of drug-likeness (QED) is 0.615. The molecule has 0 unspecified atom stereocenters. The van der Waals surface area contributed by atoms with Crippen molar-refractivity contribution in [1.82, 2.24) is 15.0 Å². The van der Waals surface area contributed by atoms with Crippen molar-refractivity contribution in [2.75, 3.05) is 19.8 Å². The Balaban J connectivity index is 2.23. The average molecular weight is 274 g/mol. The van der Waals surface area contributed by atoms with Crippen LogP contribution < -0.4 is 0 Å². The number of carbonyl (C=O) groups excluding carboxylic acids is 1. The van der Waals surface area contributed by atoms with Gasteiger partial charge in [0.1, 0.15) is 0 Å². The largest absolute Gasteiger partial charge is 0.461 e. The van der Waals surface area contributed by atoms with E-state index in [-0.39, 0.29) is 17.6 Å². The minimum atomic E-state index is -0.466. The lowest BCUT2D eigenvalue weighted by atomic mass is 10.1. The fourth-order valence-corrected chi connectivity index (χ4v) is 2.27. The minimum absolute atomic E-state index is 0.193. The molecule has 0 aromatic carbocycles. The molecule has 0 bridgehead atoms. The lowest BCUT2D eigenvalue weighted by Crippen LogP contribution is -2.22. The molecular formula is C11H16ClN3O3. The summed E-state index contributed by atoms with van der Waals surface area (Å²) in [5.74, 6) is -0.273. The molecule has 1 aromatic heterocycles. The number of aromatic nitrogens is 3. The Bertz CT molecular complexity index is 416. The van der Waals surface area contributed by atoms with Crippen LogP contribution in [-0.4, -0.2) is 40.8 Å². The van der Waals surface area contributed by atoms with Crippen molar-refractivity contribution in [3.63, 3.8) is 0 Å². The maximum absolute atomic E-state index is 11.7. The predicted octanol–water partition coefficient (Wildman–Crippen LogP) is 1.55. The average Bonchev–Trinajstić information content (AvgIpc) is 2.83. The summed E-state index contributed by atoms with van der Waals surface area (Å²) in [5, 5.41) is 7.93. The van der Waals surface area contributed by atoms with Crippen LogP contribution >= 0.6 is 11.6 Å². The van der Waals surface area contributed by atoms with Crippen LogP contribution in [0, 0.1) is 0 Å². The molecule has 2 rings (SSSR count). The van der Waals surface area contributed by atoms with Crippen LogP contribution in [0.15, 0.2) is 0 Å². The van der Waals surface area contributed by atoms with Gasteiger partial charge in [0.15, 0.2) is 5.69 Å². The van der Waals surface area contributed by atoms with E-state index in [1.165, 1.54) is 0 Å². The molecule has 1 aliphatic heterocycles. The van der Waals surface area contributed by atoms with E-state index < -0.39 is 5.97 Å². The zero-order chi connectivity index (χ0) is 13.0. The van der Waals surface area contributed by atoms with Crippen molar-refractivity contribution in [1.29, 1.82) is 0 Å². The Labute approximate surface area is 110 Å². The molecule has 18 heavy (non-hydrogen) atoms. The summed E-state index contributed by atoms with van der Waals surface area (Å²) in [6, 6.07) is 0.197. The highest BCUT2D eigenvalue weighted by atomic mass is 35.5. The van der Waals surface area contributed by atoms with Crippen LogP contribution in [0.5, 0.6) is 0 Å². The summed E-state index contributed by atoms with van der Waals surface area (Å²) in [5.41, 5.74) is 0.848. The summed E-state index contributed by atoms with van der Waals surface area (Å²) in [7, 11) is 0. The van der Waals surface area contributed by atoms with Gasteiger partial charge in [0.2, 0.25) is 0 Å². The van der Waals surface area contributed by atoms with E-state index in [0.29, 0.717) is 25.5 Å². The van der Waals surface area contributed by atoms with Crippen LogP contribution in [-0.2, 0) is 15.4 Å². The van der Waals surface area contributed by atoms with Gasteiger partial charge in [-0.1, -0.05) is 5.21 Å². The zero-order valence-corrected chi connectivity index (χ0v) is 11.0. The van der Waals surface area contributed by atoms with Crippen LogP contribution in [0.3, 0.4) is 0 Å². The molecule has 0 atom stereocenters. The van der Waals surface area contributed by atoms with E-state index in [1.807, 2.05) is 0 Å². The topological polar surface area (TPSA) is 66.2 Å². The summed E-state index contributed by atoms with van der Waals surface area (Å²) in [6.45, 7) is 3.45. The van der Waals surface area contributed by atoms with Crippen molar-refractivity contribution in [2.24, 2.45) is 0 Å². The van der Waals surface area contributed by atoms with E-state index in [1.54, 1.807) is 11.6 Å². The van der Waals surface area contributed by atoms with Gasteiger partial charge in [0, 0.05) is 13.2 Å². The number of nitrogens with zero attached hydrogens (tertiary/aromatic N) is 3. The number of alkyl halides is 1. The van der Waals surface area contributed by atoms with Gasteiger partial charge in [0.05, 0.1) is 24.2 Å². The molecule has 2 heterocycles. The monoisotopic (exact) mass is 273 g/mol. The Morgan fingerprint density at radius 3 is 2.89 bits per heavy atom. The number of rotatable bonds is 4. The van der Waals surface area contributed by atoms with E-state index in [9.17, 15) is 4.79 Å². The van der Waals surface area contributed by atoms with Crippen LogP contribution in [0.1, 0.15) is 42.0 Å². The van der Waals surface area contributed by atoms with Crippen molar-refractivity contribution in [3.8, 4) is 0 Å². The second kappa shape index (κ2) is 6.15. The third-order valence-corrected chi connectivity index (χ3v) is 3.18. The molecule has 0 radical (unpaired) electrons. The van der Waals surface area contributed by atoms with Crippen LogP contribution in [0.25, 0.3) is 0 Å². The van der Waals surface area contributed by atoms with Gasteiger partial charge >= 0.3 is 5.97 Å². The summed E-state index contributed by atoms with van der Waals surface area (Å²) in [4.78, 5) is 11.7. The second-order valence-corrected chi connectivity index (χ2v) is 4.29. The molecular weight excluding hydrogens is 258 g/mol. The number of esters is 1. The molecule has 1 saturated heterocycles. The highest BCUT2D eigenvalue weighted by Gasteiger charge is 2.25. The standard InChI is InChI=1S/C11H16ClN3O3/c1-2-18-11(16)10-9(7-12)15(14-13-10)8-3-5-17-6-4-8/h8H,2-7H2,1H3. The Kier molecular flexibility index (Phi) is 4.54. The first-order chi connectivity index (χ1) is 8.77. The van der Waals surface area contributed by atoms with Crippen LogP contribution in [0.4, 0.5) is 0 Å². The van der Waals surface area contributed by atoms with Gasteiger partial charge in [-0.25, -0.2) is 9.48 Å². The molecule has 1 fully saturated rings. The first-order valence-electron chi connectivity index (χ1n) is 6.02. The molecule has 0 amide bonds. The summed E-state index contributed by atoms with van der Waals surface area (Å²) in [6.07, 6.45) is 1.71. The highest BCUT2D eigenvalue weighted by Crippen LogP contribution is 2.23. The molecule has 100 valence electrons. The molecule has 0 N–H and O–H groups in total. The van der Waals surface area contributed by atoms with Gasteiger partial charge in [-0.3, -0.25) is 0 Å². The van der Waals surface area contributed by atoms with Crippen molar-refractivity contribution in [3.05, 3.63) is 11.4 Å². The number of hydrogen-bond donors (Lipinski definition) is 0. The fourth-order valence-electron chi connectivity index (χ4n) is 2.02. The Morgan fingerprint density at radius 2 is 2.28 bits per heavy atom. The molecule has 0 aliphatic carbocycles. The summed E-state index contributed by atoms with van der Waals surface area (Å²) >= 11 is 5.90. The number of ether oxygens (including phenoxy) is 2. The minimum Gasteiger partial charge on any atom is -0.461 e. The maximum atomic E-state index is 11.7. The van der Waals surface area contributed by atoms with Crippen LogP contribution in [0.2, 0.25) is 0 Å². The van der Waals surface area contributed by atoms with Gasteiger partial charge in [-0.15, -0.1) is 16.7 Å². The zero-order valence-electron chi connectivity index (χ0n) is 10.3. The number of hydrogen-bond acceptors (Lipinski definition) is 5. The van der Waals surface area contributed by atoms with E-state index in [0.717, 1.165) is 12.8 Å². The molecule has 1 aliphatic rings. The highest BCUT2D eigenvalue weighted by molar-refractivity contribution is 6.17. The Morgan fingerprint density at radius 1 is 1.56 bits per heavy atom. The van der Waals surface area contributed by atoms with E-state index >= 15 is 0 Å². The molecule has 6 nitrogen and oxygen atoms in total. The van der Waals surface area contributed by atoms with Crippen molar-refractivity contribution < 1.29 is 14.3 Å². The maximum Gasteiger partial charge on any atom is 0.360 e. The molecule has 1 aromatic rings. The number of halogens is 1. The first-order valence-corrected chi connectivity index (χ1v) is 6.56.